The van der Waals surface area contributed by atoms with Crippen molar-refractivity contribution >= 4 is 33.7 Å². The minimum absolute atomic E-state index is 0.0210. The molecule has 0 bridgehead atoms. The fraction of sp³-hybridized carbons (Fsp3) is 0.375. The molecule has 11 nitrogen and oxygen atoms in total. The molecular formula is C24H26N8O3S. The van der Waals surface area contributed by atoms with Crippen LogP contribution in [0.2, 0.25) is 0 Å². The van der Waals surface area contributed by atoms with Crippen molar-refractivity contribution < 1.29 is 14.3 Å². The number of aromatic nitrogens is 5. The highest BCUT2D eigenvalue weighted by molar-refractivity contribution is 7.21. The zero-order chi connectivity index (χ0) is 25.0. The number of rotatable bonds is 6. The lowest BCUT2D eigenvalue weighted by Gasteiger charge is -2.44. The Hall–Kier alpha value is -3.61. The van der Waals surface area contributed by atoms with Crippen molar-refractivity contribution in [2.75, 3.05) is 31.6 Å². The van der Waals surface area contributed by atoms with Gasteiger partial charge in [-0.2, -0.15) is 10.2 Å². The molecule has 6 heterocycles. The number of anilines is 1. The number of primary amides is 1. The predicted octanol–water partition coefficient (Wildman–Crippen LogP) is 2.07. The minimum Gasteiger partial charge on any atom is -0.377 e. The maximum absolute atomic E-state index is 13.0. The number of nitrogens with zero attached hydrogens (tertiary/aromatic N) is 6. The van der Waals surface area contributed by atoms with Gasteiger partial charge in [0.2, 0.25) is 5.91 Å². The van der Waals surface area contributed by atoms with E-state index in [4.69, 9.17) is 10.5 Å². The van der Waals surface area contributed by atoms with E-state index in [2.05, 4.69) is 25.4 Å². The lowest BCUT2D eigenvalue weighted by atomic mass is 9.94. The highest BCUT2D eigenvalue weighted by Gasteiger charge is 2.47. The SMILES string of the molecule is Cc1ncc(NC(=O)CN2CCCC23COC3)cc1-c1c(-c2cnn(C)c2)sc2c(C(N)=O)cnn12. The highest BCUT2D eigenvalue weighted by atomic mass is 32.1. The molecular weight excluding hydrogens is 480 g/mol. The molecule has 1 spiro atoms. The van der Waals surface area contributed by atoms with Gasteiger partial charge in [-0.25, -0.2) is 4.52 Å². The van der Waals surface area contributed by atoms with Crippen LogP contribution in [0.5, 0.6) is 0 Å². The normalized spacial score (nSPS) is 17.1. The zero-order valence-corrected chi connectivity index (χ0v) is 20.8. The van der Waals surface area contributed by atoms with E-state index < -0.39 is 5.91 Å². The Balaban J connectivity index is 1.37. The number of fused-ring (bicyclic) bond motifs is 1. The molecule has 12 heteroatoms. The Kier molecular flexibility index (Phi) is 5.39. The maximum atomic E-state index is 13.0. The third-order valence-corrected chi connectivity index (χ3v) is 8.25. The summed E-state index contributed by atoms with van der Waals surface area (Å²) in [5.74, 6) is -0.624. The summed E-state index contributed by atoms with van der Waals surface area (Å²) >= 11 is 1.42. The molecule has 0 aliphatic carbocycles. The van der Waals surface area contributed by atoms with E-state index in [1.165, 1.54) is 17.5 Å². The monoisotopic (exact) mass is 506 g/mol. The van der Waals surface area contributed by atoms with Crippen LogP contribution in [0.3, 0.4) is 0 Å². The molecule has 0 atom stereocenters. The van der Waals surface area contributed by atoms with Crippen LogP contribution in [0, 0.1) is 6.92 Å². The number of aryl methyl sites for hydroxylation is 2. The van der Waals surface area contributed by atoms with Crippen LogP contribution in [0.15, 0.2) is 30.9 Å². The number of carbonyl (C=O) groups is 2. The van der Waals surface area contributed by atoms with Gasteiger partial charge in [-0.3, -0.25) is 24.2 Å². The van der Waals surface area contributed by atoms with Crippen LogP contribution < -0.4 is 11.1 Å². The zero-order valence-electron chi connectivity index (χ0n) is 20.0. The molecule has 2 fully saturated rings. The molecule has 4 aromatic rings. The average Bonchev–Trinajstić information content (AvgIpc) is 3.57. The predicted molar refractivity (Wildman–Crippen MR) is 135 cm³/mol. The van der Waals surface area contributed by atoms with Crippen LogP contribution in [0.1, 0.15) is 28.9 Å². The van der Waals surface area contributed by atoms with Crippen LogP contribution in [-0.4, -0.2) is 72.9 Å². The van der Waals surface area contributed by atoms with Gasteiger partial charge in [-0.15, -0.1) is 11.3 Å². The van der Waals surface area contributed by atoms with Gasteiger partial charge in [-0.05, 0) is 32.4 Å². The number of nitrogens with one attached hydrogen (secondary N) is 1. The van der Waals surface area contributed by atoms with Crippen LogP contribution in [0.4, 0.5) is 5.69 Å². The summed E-state index contributed by atoms with van der Waals surface area (Å²) in [6.07, 6.45) is 8.96. The number of hydrogen-bond donors (Lipinski definition) is 2. The first-order chi connectivity index (χ1) is 17.3. The quantitative estimate of drug-likeness (QED) is 0.409. The Morgan fingerprint density at radius 1 is 1.25 bits per heavy atom. The number of carbonyl (C=O) groups excluding carboxylic acids is 2. The van der Waals surface area contributed by atoms with E-state index >= 15 is 0 Å². The summed E-state index contributed by atoms with van der Waals surface area (Å²) in [6, 6.07) is 1.90. The smallest absolute Gasteiger partial charge is 0.253 e. The molecule has 6 rings (SSSR count). The first kappa shape index (κ1) is 22.8. The molecule has 3 N–H and O–H groups in total. The molecule has 186 valence electrons. The Morgan fingerprint density at radius 2 is 2.08 bits per heavy atom. The molecule has 0 unspecified atom stereocenters. The van der Waals surface area contributed by atoms with Gasteiger partial charge in [0.25, 0.3) is 5.91 Å². The first-order valence-electron chi connectivity index (χ1n) is 11.7. The van der Waals surface area contributed by atoms with Crippen molar-refractivity contribution in [1.82, 2.24) is 29.3 Å². The molecule has 0 radical (unpaired) electrons. The van der Waals surface area contributed by atoms with Gasteiger partial charge in [0.15, 0.2) is 0 Å². The Bertz CT molecular complexity index is 1500. The van der Waals surface area contributed by atoms with Gasteiger partial charge >= 0.3 is 0 Å². The third kappa shape index (κ3) is 3.69. The summed E-state index contributed by atoms with van der Waals surface area (Å²) in [5, 5.41) is 11.8. The molecule has 0 aromatic carbocycles. The van der Waals surface area contributed by atoms with Gasteiger partial charge in [0.05, 0.1) is 65.7 Å². The number of pyridine rings is 1. The van der Waals surface area contributed by atoms with E-state index in [0.717, 1.165) is 46.8 Å². The van der Waals surface area contributed by atoms with Crippen molar-refractivity contribution in [3.05, 3.63) is 42.1 Å². The molecule has 2 aliphatic rings. The molecule has 36 heavy (non-hydrogen) atoms. The Labute approximate surface area is 210 Å². The fourth-order valence-corrected chi connectivity index (χ4v) is 6.29. The summed E-state index contributed by atoms with van der Waals surface area (Å²) < 4.78 is 8.87. The van der Waals surface area contributed by atoms with Crippen molar-refractivity contribution in [2.24, 2.45) is 12.8 Å². The van der Waals surface area contributed by atoms with Crippen molar-refractivity contribution in [1.29, 1.82) is 0 Å². The van der Waals surface area contributed by atoms with Crippen LogP contribution in [-0.2, 0) is 16.6 Å². The van der Waals surface area contributed by atoms with Gasteiger partial charge in [-0.1, -0.05) is 0 Å². The standard InChI is InChI=1S/C24H26N8O3S/c1-14-17(6-16(8-26-14)29-19(33)11-31-5-3-4-24(31)12-35-13-24)20-21(15-7-27-30(2)10-15)36-23-18(22(25)34)9-28-32(20)23/h6-10H,3-5,11-13H2,1-2H3,(H2,25,34)(H,29,33). The van der Waals surface area contributed by atoms with Crippen LogP contribution >= 0.6 is 11.3 Å². The van der Waals surface area contributed by atoms with Crippen molar-refractivity contribution in [2.45, 2.75) is 25.3 Å². The summed E-state index contributed by atoms with van der Waals surface area (Å²) in [4.78, 5) is 33.3. The van der Waals surface area contributed by atoms with E-state index in [1.54, 1.807) is 21.6 Å². The highest BCUT2D eigenvalue weighted by Crippen LogP contribution is 2.41. The second kappa shape index (κ2) is 8.50. The number of ether oxygens (including phenoxy) is 1. The summed E-state index contributed by atoms with van der Waals surface area (Å²) in [6.45, 7) is 4.51. The second-order valence-electron chi connectivity index (χ2n) is 9.47. The summed E-state index contributed by atoms with van der Waals surface area (Å²) in [7, 11) is 1.85. The third-order valence-electron chi connectivity index (χ3n) is 7.03. The molecule has 2 aliphatic heterocycles. The van der Waals surface area contributed by atoms with E-state index in [9.17, 15) is 9.59 Å². The lowest BCUT2D eigenvalue weighted by molar-refractivity contribution is -0.135. The maximum Gasteiger partial charge on any atom is 0.253 e. The lowest BCUT2D eigenvalue weighted by Crippen LogP contribution is -2.60. The van der Waals surface area contributed by atoms with E-state index in [0.29, 0.717) is 35.8 Å². The van der Waals surface area contributed by atoms with Crippen molar-refractivity contribution in [3.8, 4) is 21.7 Å². The minimum atomic E-state index is -0.539. The van der Waals surface area contributed by atoms with Gasteiger partial charge in [0.1, 0.15) is 4.83 Å². The number of amides is 2. The van der Waals surface area contributed by atoms with Gasteiger partial charge < -0.3 is 15.8 Å². The van der Waals surface area contributed by atoms with E-state index in [-0.39, 0.29) is 11.4 Å². The number of nitrogens with two attached hydrogens (primary N) is 1. The first-order valence-corrected chi connectivity index (χ1v) is 12.6. The van der Waals surface area contributed by atoms with Crippen molar-refractivity contribution in [3.63, 3.8) is 0 Å². The number of hydrogen-bond acceptors (Lipinski definition) is 8. The Morgan fingerprint density at radius 3 is 2.78 bits per heavy atom. The second-order valence-corrected chi connectivity index (χ2v) is 10.5. The average molecular weight is 507 g/mol. The largest absolute Gasteiger partial charge is 0.377 e. The number of thiazole rings is 1. The molecule has 0 saturated carbocycles. The molecule has 4 aromatic heterocycles. The molecule has 2 amide bonds. The van der Waals surface area contributed by atoms with Crippen LogP contribution in [0.25, 0.3) is 26.5 Å². The fourth-order valence-electron chi connectivity index (χ4n) is 5.10. The topological polar surface area (TPSA) is 133 Å². The number of likely N-dealkylation sites (tertiary alicyclic amines) is 1. The van der Waals surface area contributed by atoms with E-state index in [1.807, 2.05) is 26.2 Å². The summed E-state index contributed by atoms with van der Waals surface area (Å²) in [5.41, 5.74) is 9.77. The molecule has 2 saturated heterocycles. The van der Waals surface area contributed by atoms with Gasteiger partial charge in [0, 0.05) is 30.1 Å².